The molecule has 1 aliphatic heterocycles. The molecule has 0 saturated carbocycles. The Kier molecular flexibility index (Phi) is 4.63. The van der Waals surface area contributed by atoms with Crippen LogP contribution in [-0.4, -0.2) is 25.3 Å². The second-order valence-corrected chi connectivity index (χ2v) is 4.83. The fourth-order valence-corrected chi connectivity index (χ4v) is 1.84. The molecular weight excluding hydrogens is 244 g/mol. The van der Waals surface area contributed by atoms with Gasteiger partial charge in [0.05, 0.1) is 0 Å². The summed E-state index contributed by atoms with van der Waals surface area (Å²) in [6.45, 7) is 5.28. The van der Waals surface area contributed by atoms with Crippen LogP contribution < -0.4 is 20.1 Å². The molecule has 1 heterocycles. The molecular formula is C14H20N2O3. The molecule has 0 aliphatic carbocycles. The number of hydrogen-bond donors (Lipinski definition) is 2. The standard InChI is InChI=1S/C14H20N2O3/c1-10(2)15-7-3-4-14(17)16-11-5-6-12-13(8-11)19-9-18-12/h5-6,8,10,15H,3-4,7,9H2,1-2H3,(H,16,17). The summed E-state index contributed by atoms with van der Waals surface area (Å²) in [6, 6.07) is 5.86. The minimum absolute atomic E-state index is 0.0180. The lowest BCUT2D eigenvalue weighted by Gasteiger charge is -2.08. The van der Waals surface area contributed by atoms with E-state index < -0.39 is 0 Å². The van der Waals surface area contributed by atoms with E-state index in [9.17, 15) is 4.79 Å². The van der Waals surface area contributed by atoms with Crippen LogP contribution in [0.2, 0.25) is 0 Å². The summed E-state index contributed by atoms with van der Waals surface area (Å²) >= 11 is 0. The van der Waals surface area contributed by atoms with E-state index in [1.165, 1.54) is 0 Å². The lowest BCUT2D eigenvalue weighted by atomic mass is 10.2. The van der Waals surface area contributed by atoms with Crippen molar-refractivity contribution in [3.05, 3.63) is 18.2 Å². The van der Waals surface area contributed by atoms with Gasteiger partial charge in [0.1, 0.15) is 0 Å². The van der Waals surface area contributed by atoms with E-state index in [0.29, 0.717) is 18.2 Å². The largest absolute Gasteiger partial charge is 0.454 e. The average Bonchev–Trinajstić information content (AvgIpc) is 2.82. The molecule has 1 aliphatic rings. The van der Waals surface area contributed by atoms with Crippen LogP contribution in [0.3, 0.4) is 0 Å². The van der Waals surface area contributed by atoms with E-state index in [4.69, 9.17) is 9.47 Å². The first kappa shape index (κ1) is 13.7. The Morgan fingerprint density at radius 2 is 2.11 bits per heavy atom. The highest BCUT2D eigenvalue weighted by Gasteiger charge is 2.13. The summed E-state index contributed by atoms with van der Waals surface area (Å²) in [7, 11) is 0. The Morgan fingerprint density at radius 1 is 1.32 bits per heavy atom. The predicted octanol–water partition coefficient (Wildman–Crippen LogP) is 2.13. The number of nitrogens with one attached hydrogen (secondary N) is 2. The highest BCUT2D eigenvalue weighted by Crippen LogP contribution is 2.34. The molecule has 0 aromatic heterocycles. The first-order valence-electron chi connectivity index (χ1n) is 6.58. The number of amides is 1. The van der Waals surface area contributed by atoms with Crippen molar-refractivity contribution in [3.8, 4) is 11.5 Å². The van der Waals surface area contributed by atoms with Crippen LogP contribution in [0.4, 0.5) is 5.69 Å². The maximum absolute atomic E-state index is 11.7. The first-order valence-corrected chi connectivity index (χ1v) is 6.58. The lowest BCUT2D eigenvalue weighted by molar-refractivity contribution is -0.116. The fourth-order valence-electron chi connectivity index (χ4n) is 1.84. The van der Waals surface area contributed by atoms with Gasteiger partial charge in [0.15, 0.2) is 11.5 Å². The summed E-state index contributed by atoms with van der Waals surface area (Å²) in [5.41, 5.74) is 0.742. The van der Waals surface area contributed by atoms with Crippen molar-refractivity contribution in [2.75, 3.05) is 18.7 Å². The van der Waals surface area contributed by atoms with Crippen molar-refractivity contribution in [1.29, 1.82) is 0 Å². The first-order chi connectivity index (χ1) is 9.15. The van der Waals surface area contributed by atoms with Crippen LogP contribution in [0, 0.1) is 0 Å². The minimum Gasteiger partial charge on any atom is -0.454 e. The molecule has 0 radical (unpaired) electrons. The number of rotatable bonds is 6. The van der Waals surface area contributed by atoms with Gasteiger partial charge in [-0.3, -0.25) is 4.79 Å². The Hall–Kier alpha value is -1.75. The quantitative estimate of drug-likeness (QED) is 0.773. The Labute approximate surface area is 113 Å². The van der Waals surface area contributed by atoms with Crippen LogP contribution in [0.15, 0.2) is 18.2 Å². The Morgan fingerprint density at radius 3 is 2.89 bits per heavy atom. The molecule has 5 heteroatoms. The zero-order valence-corrected chi connectivity index (χ0v) is 11.4. The summed E-state index contributed by atoms with van der Waals surface area (Å²) in [5, 5.41) is 6.14. The van der Waals surface area contributed by atoms with Crippen LogP contribution >= 0.6 is 0 Å². The zero-order valence-electron chi connectivity index (χ0n) is 11.4. The topological polar surface area (TPSA) is 59.6 Å². The molecule has 1 aromatic rings. The molecule has 1 amide bonds. The van der Waals surface area contributed by atoms with Gasteiger partial charge in [0.2, 0.25) is 12.7 Å². The minimum atomic E-state index is 0.0180. The van der Waals surface area contributed by atoms with E-state index in [2.05, 4.69) is 24.5 Å². The van der Waals surface area contributed by atoms with Gasteiger partial charge in [-0.15, -0.1) is 0 Å². The molecule has 0 fully saturated rings. The summed E-state index contributed by atoms with van der Waals surface area (Å²) in [6.07, 6.45) is 1.34. The van der Waals surface area contributed by atoms with E-state index in [0.717, 1.165) is 24.4 Å². The van der Waals surface area contributed by atoms with Crippen molar-refractivity contribution < 1.29 is 14.3 Å². The zero-order chi connectivity index (χ0) is 13.7. The number of carbonyl (C=O) groups excluding carboxylic acids is 1. The highest BCUT2D eigenvalue weighted by atomic mass is 16.7. The molecule has 0 atom stereocenters. The lowest BCUT2D eigenvalue weighted by Crippen LogP contribution is -2.24. The van der Waals surface area contributed by atoms with Gasteiger partial charge in [0, 0.05) is 24.2 Å². The number of anilines is 1. The maximum Gasteiger partial charge on any atom is 0.231 e. The Balaban J connectivity index is 1.76. The van der Waals surface area contributed by atoms with Gasteiger partial charge in [0.25, 0.3) is 0 Å². The molecule has 0 saturated heterocycles. The predicted molar refractivity (Wildman–Crippen MR) is 73.6 cm³/mol. The number of carbonyl (C=O) groups is 1. The second kappa shape index (κ2) is 6.43. The molecule has 0 bridgehead atoms. The van der Waals surface area contributed by atoms with Crippen LogP contribution in [0.5, 0.6) is 11.5 Å². The average molecular weight is 264 g/mol. The number of benzene rings is 1. The van der Waals surface area contributed by atoms with Gasteiger partial charge in [-0.25, -0.2) is 0 Å². The van der Waals surface area contributed by atoms with Crippen molar-refractivity contribution in [1.82, 2.24) is 5.32 Å². The van der Waals surface area contributed by atoms with E-state index in [-0.39, 0.29) is 12.7 Å². The molecule has 0 spiro atoms. The van der Waals surface area contributed by atoms with Gasteiger partial charge < -0.3 is 20.1 Å². The number of hydrogen-bond acceptors (Lipinski definition) is 4. The van der Waals surface area contributed by atoms with Crippen molar-refractivity contribution >= 4 is 11.6 Å². The summed E-state index contributed by atoms with van der Waals surface area (Å²) in [5.74, 6) is 1.42. The third-order valence-corrected chi connectivity index (χ3v) is 2.79. The van der Waals surface area contributed by atoms with Crippen molar-refractivity contribution in [2.24, 2.45) is 0 Å². The van der Waals surface area contributed by atoms with Crippen LogP contribution in [-0.2, 0) is 4.79 Å². The molecule has 0 unspecified atom stereocenters. The third kappa shape index (κ3) is 4.13. The SMILES string of the molecule is CC(C)NCCCC(=O)Nc1ccc2c(c1)OCO2. The molecule has 19 heavy (non-hydrogen) atoms. The Bertz CT molecular complexity index is 446. The molecule has 2 N–H and O–H groups in total. The van der Waals surface area contributed by atoms with Gasteiger partial charge in [-0.05, 0) is 25.1 Å². The van der Waals surface area contributed by atoms with Crippen LogP contribution in [0.25, 0.3) is 0 Å². The molecule has 104 valence electrons. The summed E-state index contributed by atoms with van der Waals surface area (Å²) in [4.78, 5) is 11.7. The second-order valence-electron chi connectivity index (χ2n) is 4.83. The molecule has 1 aromatic carbocycles. The number of fused-ring (bicyclic) bond motifs is 1. The highest BCUT2D eigenvalue weighted by molar-refractivity contribution is 5.91. The van der Waals surface area contributed by atoms with Crippen molar-refractivity contribution in [3.63, 3.8) is 0 Å². The summed E-state index contributed by atoms with van der Waals surface area (Å²) < 4.78 is 10.5. The third-order valence-electron chi connectivity index (χ3n) is 2.79. The van der Waals surface area contributed by atoms with Crippen molar-refractivity contribution in [2.45, 2.75) is 32.7 Å². The normalized spacial score (nSPS) is 12.8. The fraction of sp³-hybridized carbons (Fsp3) is 0.500. The molecule has 5 nitrogen and oxygen atoms in total. The van der Waals surface area contributed by atoms with E-state index in [1.807, 2.05) is 6.07 Å². The van der Waals surface area contributed by atoms with E-state index >= 15 is 0 Å². The monoisotopic (exact) mass is 264 g/mol. The van der Waals surface area contributed by atoms with Crippen LogP contribution in [0.1, 0.15) is 26.7 Å². The molecule has 2 rings (SSSR count). The van der Waals surface area contributed by atoms with Gasteiger partial charge in [-0.1, -0.05) is 13.8 Å². The van der Waals surface area contributed by atoms with Gasteiger partial charge in [-0.2, -0.15) is 0 Å². The smallest absolute Gasteiger partial charge is 0.231 e. The van der Waals surface area contributed by atoms with E-state index in [1.54, 1.807) is 12.1 Å². The maximum atomic E-state index is 11.7. The van der Waals surface area contributed by atoms with Gasteiger partial charge >= 0.3 is 0 Å². The number of ether oxygens (including phenoxy) is 2.